The summed E-state index contributed by atoms with van der Waals surface area (Å²) in [5.41, 5.74) is 4.98. The van der Waals surface area contributed by atoms with Gasteiger partial charge in [-0.15, -0.1) is 0 Å². The second kappa shape index (κ2) is 13.7. The Morgan fingerprint density at radius 2 is 0.836 bits per heavy atom. The molecule has 2 N–H and O–H groups in total. The summed E-state index contributed by atoms with van der Waals surface area (Å²) >= 11 is 0. The number of aryl methyl sites for hydroxylation is 2. The number of imide groups is 2. The first-order valence-corrected chi connectivity index (χ1v) is 17.2. The molecule has 2 aliphatic heterocycles. The van der Waals surface area contributed by atoms with Crippen molar-refractivity contribution in [1.29, 1.82) is 0 Å². The van der Waals surface area contributed by atoms with Crippen LogP contribution in [-0.4, -0.2) is 35.4 Å². The van der Waals surface area contributed by atoms with Crippen LogP contribution in [0.3, 0.4) is 0 Å². The summed E-state index contributed by atoms with van der Waals surface area (Å²) in [6.07, 6.45) is 0. The summed E-state index contributed by atoms with van der Waals surface area (Å²) in [7, 11) is 0. The Bertz CT molecular complexity index is 2430. The number of amides is 6. The molecular weight excluding hydrogens is 697 g/mol. The van der Waals surface area contributed by atoms with E-state index in [0.29, 0.717) is 34.2 Å². The fourth-order valence-corrected chi connectivity index (χ4v) is 6.55. The summed E-state index contributed by atoms with van der Waals surface area (Å²) < 4.78 is 5.98. The maximum Gasteiger partial charge on any atom is 0.266 e. The van der Waals surface area contributed by atoms with E-state index in [1.165, 1.54) is 36.4 Å². The van der Waals surface area contributed by atoms with Crippen molar-refractivity contribution in [2.45, 2.75) is 13.8 Å². The number of hydrogen-bond acceptors (Lipinski definition) is 7. The van der Waals surface area contributed by atoms with E-state index in [4.69, 9.17) is 4.74 Å². The average molecular weight is 727 g/mol. The topological polar surface area (TPSA) is 142 Å². The van der Waals surface area contributed by atoms with Gasteiger partial charge in [-0.05, 0) is 134 Å². The summed E-state index contributed by atoms with van der Waals surface area (Å²) in [5.74, 6) is -2.12. The predicted octanol–water partition coefficient (Wildman–Crippen LogP) is 8.20. The first kappa shape index (κ1) is 34.4. The molecule has 11 nitrogen and oxygen atoms in total. The van der Waals surface area contributed by atoms with E-state index < -0.39 is 35.4 Å². The van der Waals surface area contributed by atoms with Crippen LogP contribution in [0.1, 0.15) is 73.3 Å². The largest absolute Gasteiger partial charge is 0.457 e. The molecule has 8 rings (SSSR count). The number of carbonyl (C=O) groups is 6. The van der Waals surface area contributed by atoms with Gasteiger partial charge in [0.1, 0.15) is 11.5 Å². The Hall–Kier alpha value is -7.66. The minimum absolute atomic E-state index is 0.129. The Labute approximate surface area is 314 Å². The zero-order valence-corrected chi connectivity index (χ0v) is 29.5. The highest BCUT2D eigenvalue weighted by molar-refractivity contribution is 6.35. The molecule has 0 aromatic heterocycles. The molecule has 6 aromatic carbocycles. The van der Waals surface area contributed by atoms with Crippen LogP contribution in [-0.2, 0) is 0 Å². The highest BCUT2D eigenvalue weighted by Crippen LogP contribution is 2.34. The van der Waals surface area contributed by atoms with Crippen LogP contribution in [0.2, 0.25) is 0 Å². The lowest BCUT2D eigenvalue weighted by Gasteiger charge is -2.16. The molecule has 0 saturated carbocycles. The van der Waals surface area contributed by atoms with Gasteiger partial charge in [-0.2, -0.15) is 0 Å². The van der Waals surface area contributed by atoms with Crippen LogP contribution < -0.4 is 25.2 Å². The molecule has 2 heterocycles. The molecular formula is C44H30N4O7. The van der Waals surface area contributed by atoms with Gasteiger partial charge in [0.05, 0.1) is 33.6 Å². The van der Waals surface area contributed by atoms with Crippen molar-refractivity contribution in [3.05, 3.63) is 178 Å². The molecule has 6 aromatic rings. The maximum atomic E-state index is 13.4. The third-order valence-corrected chi connectivity index (χ3v) is 9.27. The SMILES string of the molecule is Cc1cccc(NC(=O)c2ccc3c(c2)C(=O)N(c2ccc(Oc4ccc(N5C(=O)c6ccc(C(=O)Nc7cccc(C)c7)cc6C5=O)cc4)cc2)C3=O)c1. The molecule has 0 fully saturated rings. The number of carbonyl (C=O) groups excluding carboxylic acids is 6. The Kier molecular flexibility index (Phi) is 8.59. The van der Waals surface area contributed by atoms with E-state index in [0.717, 1.165) is 20.9 Å². The van der Waals surface area contributed by atoms with Crippen molar-refractivity contribution in [2.75, 3.05) is 20.4 Å². The summed E-state index contributed by atoms with van der Waals surface area (Å²) in [5, 5.41) is 5.63. The lowest BCUT2D eigenvalue weighted by atomic mass is 10.1. The van der Waals surface area contributed by atoms with Gasteiger partial charge < -0.3 is 15.4 Å². The van der Waals surface area contributed by atoms with Gasteiger partial charge in [0.25, 0.3) is 35.4 Å². The monoisotopic (exact) mass is 726 g/mol. The molecule has 6 amide bonds. The number of benzene rings is 6. The van der Waals surface area contributed by atoms with Crippen LogP contribution >= 0.6 is 0 Å². The molecule has 268 valence electrons. The number of ether oxygens (including phenoxy) is 1. The smallest absolute Gasteiger partial charge is 0.266 e. The van der Waals surface area contributed by atoms with Gasteiger partial charge in [-0.1, -0.05) is 24.3 Å². The van der Waals surface area contributed by atoms with Crippen molar-refractivity contribution in [2.24, 2.45) is 0 Å². The standard InChI is InChI=1S/C44H30N4O7/c1-25-5-3-7-29(21-25)45-39(49)27-9-19-35-37(23-27)43(53)47(41(35)51)31-11-15-33(16-12-31)55-34-17-13-32(14-18-34)48-42(52)36-20-10-28(24-38(36)44(48)54)40(50)46-30-8-4-6-26(2)22-30/h3-24H,1-2H3,(H,45,49)(H,46,50). The van der Waals surface area contributed by atoms with Crippen LogP contribution in [0, 0.1) is 13.8 Å². The van der Waals surface area contributed by atoms with Gasteiger partial charge in [0, 0.05) is 22.5 Å². The van der Waals surface area contributed by atoms with E-state index in [-0.39, 0.29) is 33.4 Å². The molecule has 0 spiro atoms. The van der Waals surface area contributed by atoms with Crippen LogP contribution in [0.25, 0.3) is 0 Å². The first-order valence-electron chi connectivity index (χ1n) is 17.2. The van der Waals surface area contributed by atoms with Crippen molar-refractivity contribution in [3.8, 4) is 11.5 Å². The van der Waals surface area contributed by atoms with E-state index in [9.17, 15) is 28.8 Å². The number of fused-ring (bicyclic) bond motifs is 2. The average Bonchev–Trinajstić information content (AvgIpc) is 3.58. The lowest BCUT2D eigenvalue weighted by Crippen LogP contribution is -2.29. The minimum Gasteiger partial charge on any atom is -0.457 e. The number of rotatable bonds is 8. The summed E-state index contributed by atoms with van der Waals surface area (Å²) in [6.45, 7) is 3.83. The highest BCUT2D eigenvalue weighted by Gasteiger charge is 2.38. The maximum absolute atomic E-state index is 13.4. The third-order valence-electron chi connectivity index (χ3n) is 9.27. The molecule has 55 heavy (non-hydrogen) atoms. The van der Waals surface area contributed by atoms with Crippen molar-refractivity contribution >= 4 is 58.2 Å². The zero-order chi connectivity index (χ0) is 38.4. The molecule has 0 radical (unpaired) electrons. The number of hydrogen-bond donors (Lipinski definition) is 2. The van der Waals surface area contributed by atoms with Crippen molar-refractivity contribution in [3.63, 3.8) is 0 Å². The zero-order valence-electron chi connectivity index (χ0n) is 29.5. The molecule has 11 heteroatoms. The molecule has 0 unspecified atom stereocenters. The molecule has 0 aliphatic carbocycles. The Morgan fingerprint density at radius 1 is 0.455 bits per heavy atom. The van der Waals surface area contributed by atoms with Gasteiger partial charge in [-0.25, -0.2) is 9.80 Å². The van der Waals surface area contributed by atoms with Crippen LogP contribution in [0.4, 0.5) is 22.7 Å². The van der Waals surface area contributed by atoms with E-state index in [1.807, 2.05) is 50.2 Å². The van der Waals surface area contributed by atoms with Gasteiger partial charge in [0.2, 0.25) is 0 Å². The lowest BCUT2D eigenvalue weighted by molar-refractivity contribution is 0.0910. The summed E-state index contributed by atoms with van der Waals surface area (Å²) in [6, 6.07) is 36.2. The van der Waals surface area contributed by atoms with Crippen LogP contribution in [0.15, 0.2) is 133 Å². The summed E-state index contributed by atoms with van der Waals surface area (Å²) in [4.78, 5) is 81.3. The van der Waals surface area contributed by atoms with Gasteiger partial charge in [-0.3, -0.25) is 28.8 Å². The van der Waals surface area contributed by atoms with Gasteiger partial charge in [0.15, 0.2) is 0 Å². The minimum atomic E-state index is -0.552. The quantitative estimate of drug-likeness (QED) is 0.151. The Morgan fingerprint density at radius 3 is 1.22 bits per heavy atom. The molecule has 0 saturated heterocycles. The van der Waals surface area contributed by atoms with E-state index >= 15 is 0 Å². The van der Waals surface area contributed by atoms with Gasteiger partial charge >= 0.3 is 0 Å². The molecule has 2 aliphatic rings. The Balaban J connectivity index is 0.921. The number of nitrogens with one attached hydrogen (secondary N) is 2. The number of nitrogens with zero attached hydrogens (tertiary/aromatic N) is 2. The number of anilines is 4. The van der Waals surface area contributed by atoms with E-state index in [1.54, 1.807) is 60.7 Å². The first-order chi connectivity index (χ1) is 26.5. The van der Waals surface area contributed by atoms with Crippen molar-refractivity contribution in [1.82, 2.24) is 0 Å². The molecule has 0 atom stereocenters. The highest BCUT2D eigenvalue weighted by atomic mass is 16.5. The fraction of sp³-hybridized carbons (Fsp3) is 0.0455. The second-order valence-corrected chi connectivity index (χ2v) is 13.1. The molecule has 0 bridgehead atoms. The fourth-order valence-electron chi connectivity index (χ4n) is 6.55. The normalized spacial score (nSPS) is 13.1. The van der Waals surface area contributed by atoms with E-state index in [2.05, 4.69) is 10.6 Å². The second-order valence-electron chi connectivity index (χ2n) is 13.1. The van der Waals surface area contributed by atoms with Crippen molar-refractivity contribution < 1.29 is 33.5 Å². The van der Waals surface area contributed by atoms with Crippen LogP contribution in [0.5, 0.6) is 11.5 Å². The predicted molar refractivity (Wildman–Crippen MR) is 206 cm³/mol. The third kappa shape index (κ3) is 6.51.